The Morgan fingerprint density at radius 1 is 1.46 bits per heavy atom. The Bertz CT molecular complexity index is 744. The molecule has 1 amide bonds. The molecule has 1 saturated heterocycles. The molecule has 1 aliphatic rings. The molecule has 1 aliphatic heterocycles. The van der Waals surface area contributed by atoms with Crippen LogP contribution in [0.5, 0.6) is 5.75 Å². The van der Waals surface area contributed by atoms with Crippen molar-refractivity contribution >= 4 is 22.4 Å². The van der Waals surface area contributed by atoms with E-state index >= 15 is 0 Å². The smallest absolute Gasteiger partial charge is 0.246 e. The van der Waals surface area contributed by atoms with Gasteiger partial charge in [0.25, 0.3) is 0 Å². The highest BCUT2D eigenvalue weighted by atomic mass is 32.1. The number of hydrogen-bond donors (Lipinski definition) is 2. The highest BCUT2D eigenvalue weighted by molar-refractivity contribution is 7.14. The van der Waals surface area contributed by atoms with E-state index < -0.39 is 5.54 Å². The molecular formula is C16H18FN3O3S. The van der Waals surface area contributed by atoms with E-state index in [4.69, 9.17) is 15.2 Å². The lowest BCUT2D eigenvalue weighted by Crippen LogP contribution is -2.54. The van der Waals surface area contributed by atoms with Gasteiger partial charge in [-0.25, -0.2) is 9.37 Å². The molecule has 1 aromatic carbocycles. The van der Waals surface area contributed by atoms with Gasteiger partial charge in [0.1, 0.15) is 17.1 Å². The van der Waals surface area contributed by atoms with Crippen LogP contribution in [0.3, 0.4) is 0 Å². The summed E-state index contributed by atoms with van der Waals surface area (Å²) in [6, 6.07) is 4.21. The number of benzene rings is 1. The van der Waals surface area contributed by atoms with Gasteiger partial charge >= 0.3 is 0 Å². The second kappa shape index (κ2) is 6.84. The van der Waals surface area contributed by atoms with Crippen LogP contribution in [0.4, 0.5) is 9.52 Å². The van der Waals surface area contributed by atoms with Crippen molar-refractivity contribution in [3.8, 4) is 17.0 Å². The lowest BCUT2D eigenvalue weighted by atomic mass is 9.90. The molecule has 1 fully saturated rings. The summed E-state index contributed by atoms with van der Waals surface area (Å²) in [7, 11) is 1.51. The van der Waals surface area contributed by atoms with E-state index in [-0.39, 0.29) is 11.7 Å². The highest BCUT2D eigenvalue weighted by Gasteiger charge is 2.36. The molecule has 2 aromatic rings. The number of rotatable bonds is 4. The van der Waals surface area contributed by atoms with Crippen molar-refractivity contribution in [3.05, 3.63) is 29.4 Å². The van der Waals surface area contributed by atoms with Gasteiger partial charge in [-0.15, -0.1) is 11.3 Å². The molecular weight excluding hydrogens is 333 g/mol. The van der Waals surface area contributed by atoms with Crippen molar-refractivity contribution in [2.45, 2.75) is 18.4 Å². The number of halogens is 1. The number of nitrogens with zero attached hydrogens (tertiary/aromatic N) is 1. The highest BCUT2D eigenvalue weighted by Crippen LogP contribution is 2.33. The number of hydrogen-bond acceptors (Lipinski definition) is 6. The zero-order valence-corrected chi connectivity index (χ0v) is 14.0. The molecule has 6 nitrogen and oxygen atoms in total. The number of nitrogens with two attached hydrogens (primary N) is 1. The molecule has 0 unspecified atom stereocenters. The van der Waals surface area contributed by atoms with E-state index in [1.807, 2.05) is 0 Å². The van der Waals surface area contributed by atoms with Gasteiger partial charge in [0.2, 0.25) is 5.91 Å². The lowest BCUT2D eigenvalue weighted by molar-refractivity contribution is -0.124. The molecule has 0 atom stereocenters. The van der Waals surface area contributed by atoms with Crippen molar-refractivity contribution in [2.24, 2.45) is 5.73 Å². The SMILES string of the molecule is COc1ccc(F)cc1-c1csc(NC(=O)C2(N)CCOCC2)n1. The predicted molar refractivity (Wildman–Crippen MR) is 89.7 cm³/mol. The fraction of sp³-hybridized carbons (Fsp3) is 0.375. The number of anilines is 1. The van der Waals surface area contributed by atoms with Gasteiger partial charge in [0, 0.05) is 24.2 Å². The fourth-order valence-corrected chi connectivity index (χ4v) is 3.23. The van der Waals surface area contributed by atoms with Crippen LogP contribution in [0.25, 0.3) is 11.3 Å². The summed E-state index contributed by atoms with van der Waals surface area (Å²) in [6.07, 6.45) is 0.934. The third-order valence-electron chi connectivity index (χ3n) is 4.00. The first kappa shape index (κ1) is 16.8. The third-order valence-corrected chi connectivity index (χ3v) is 4.76. The summed E-state index contributed by atoms with van der Waals surface area (Å²) in [5, 5.41) is 4.90. The van der Waals surface area contributed by atoms with Gasteiger partial charge in [-0.1, -0.05) is 0 Å². The molecule has 128 valence electrons. The van der Waals surface area contributed by atoms with Gasteiger partial charge in [0.05, 0.1) is 12.8 Å². The zero-order valence-electron chi connectivity index (χ0n) is 13.2. The monoisotopic (exact) mass is 351 g/mol. The van der Waals surface area contributed by atoms with Crippen molar-refractivity contribution in [2.75, 3.05) is 25.6 Å². The van der Waals surface area contributed by atoms with Crippen LogP contribution < -0.4 is 15.8 Å². The van der Waals surface area contributed by atoms with E-state index in [1.54, 1.807) is 11.4 Å². The molecule has 3 rings (SSSR count). The average Bonchev–Trinajstić information content (AvgIpc) is 3.04. The summed E-state index contributed by atoms with van der Waals surface area (Å²) in [6.45, 7) is 0.932. The number of aromatic nitrogens is 1. The van der Waals surface area contributed by atoms with Crippen molar-refractivity contribution in [3.63, 3.8) is 0 Å². The summed E-state index contributed by atoms with van der Waals surface area (Å²) in [5.74, 6) is -0.148. The average molecular weight is 351 g/mol. The van der Waals surface area contributed by atoms with Crippen molar-refractivity contribution in [1.29, 1.82) is 0 Å². The van der Waals surface area contributed by atoms with Gasteiger partial charge in [-0.2, -0.15) is 0 Å². The van der Waals surface area contributed by atoms with Crippen LogP contribution in [-0.4, -0.2) is 36.8 Å². The van der Waals surface area contributed by atoms with E-state index in [0.29, 0.717) is 48.2 Å². The number of carbonyl (C=O) groups excluding carboxylic acids is 1. The molecule has 0 bridgehead atoms. The molecule has 0 aliphatic carbocycles. The Labute approximate surface area is 142 Å². The minimum absolute atomic E-state index is 0.280. The molecule has 2 heterocycles. The molecule has 8 heteroatoms. The predicted octanol–water partition coefficient (Wildman–Crippen LogP) is 2.40. The van der Waals surface area contributed by atoms with E-state index in [9.17, 15) is 9.18 Å². The lowest BCUT2D eigenvalue weighted by Gasteiger charge is -2.31. The minimum atomic E-state index is -0.944. The Morgan fingerprint density at radius 2 is 2.21 bits per heavy atom. The topological polar surface area (TPSA) is 86.5 Å². The zero-order chi connectivity index (χ0) is 17.2. The Kier molecular flexibility index (Phi) is 4.79. The fourth-order valence-electron chi connectivity index (χ4n) is 2.52. The van der Waals surface area contributed by atoms with Gasteiger partial charge in [-0.3, -0.25) is 4.79 Å². The van der Waals surface area contributed by atoms with Crippen LogP contribution in [0.2, 0.25) is 0 Å². The Hall–Kier alpha value is -2.03. The van der Waals surface area contributed by atoms with E-state index in [2.05, 4.69) is 10.3 Å². The Balaban J connectivity index is 1.79. The first-order chi connectivity index (χ1) is 11.5. The number of thiazole rings is 1. The van der Waals surface area contributed by atoms with Crippen LogP contribution in [-0.2, 0) is 9.53 Å². The first-order valence-corrected chi connectivity index (χ1v) is 8.37. The largest absolute Gasteiger partial charge is 0.496 e. The summed E-state index contributed by atoms with van der Waals surface area (Å²) in [5.41, 5.74) is 6.27. The number of carbonyl (C=O) groups is 1. The Morgan fingerprint density at radius 3 is 2.92 bits per heavy atom. The van der Waals surface area contributed by atoms with Crippen molar-refractivity contribution in [1.82, 2.24) is 4.98 Å². The minimum Gasteiger partial charge on any atom is -0.496 e. The summed E-state index contributed by atoms with van der Waals surface area (Å²) in [4.78, 5) is 16.8. The normalized spacial score (nSPS) is 16.6. The van der Waals surface area contributed by atoms with Gasteiger partial charge < -0.3 is 20.5 Å². The maximum absolute atomic E-state index is 13.5. The number of amides is 1. The van der Waals surface area contributed by atoms with Crippen LogP contribution in [0.1, 0.15) is 12.8 Å². The molecule has 24 heavy (non-hydrogen) atoms. The second-order valence-corrected chi connectivity index (χ2v) is 6.46. The summed E-state index contributed by atoms with van der Waals surface area (Å²) < 4.78 is 24.0. The van der Waals surface area contributed by atoms with E-state index in [1.165, 1.54) is 30.6 Å². The van der Waals surface area contributed by atoms with Crippen LogP contribution >= 0.6 is 11.3 Å². The molecule has 1 aromatic heterocycles. The standard InChI is InChI=1S/C16H18FN3O3S/c1-22-13-3-2-10(17)8-11(13)12-9-24-15(19-12)20-14(21)16(18)4-6-23-7-5-16/h2-3,8-9H,4-7,18H2,1H3,(H,19,20,21). The maximum atomic E-state index is 13.5. The number of nitrogens with one attached hydrogen (secondary N) is 1. The quantitative estimate of drug-likeness (QED) is 0.883. The van der Waals surface area contributed by atoms with Crippen LogP contribution in [0, 0.1) is 5.82 Å². The van der Waals surface area contributed by atoms with E-state index in [0.717, 1.165) is 0 Å². The number of methoxy groups -OCH3 is 1. The molecule has 0 radical (unpaired) electrons. The number of ether oxygens (including phenoxy) is 2. The van der Waals surface area contributed by atoms with Gasteiger partial charge in [-0.05, 0) is 31.0 Å². The van der Waals surface area contributed by atoms with Crippen LogP contribution in [0.15, 0.2) is 23.6 Å². The molecule has 3 N–H and O–H groups in total. The molecule has 0 spiro atoms. The van der Waals surface area contributed by atoms with Gasteiger partial charge in [0.15, 0.2) is 5.13 Å². The van der Waals surface area contributed by atoms with Crippen molar-refractivity contribution < 1.29 is 18.7 Å². The first-order valence-electron chi connectivity index (χ1n) is 7.49. The summed E-state index contributed by atoms with van der Waals surface area (Å²) >= 11 is 1.25. The second-order valence-electron chi connectivity index (χ2n) is 5.61. The molecule has 0 saturated carbocycles. The maximum Gasteiger partial charge on any atom is 0.246 e. The third kappa shape index (κ3) is 3.40.